The van der Waals surface area contributed by atoms with E-state index in [4.69, 9.17) is 0 Å². The number of piperidine rings is 1. The summed E-state index contributed by atoms with van der Waals surface area (Å²) >= 11 is 0. The summed E-state index contributed by atoms with van der Waals surface area (Å²) in [6.45, 7) is 4.00. The van der Waals surface area contributed by atoms with E-state index in [-0.39, 0.29) is 22.4 Å². The number of carbonyl (C=O) groups is 1. The Morgan fingerprint density at radius 3 is 3.00 bits per heavy atom. The van der Waals surface area contributed by atoms with E-state index >= 15 is 0 Å². The summed E-state index contributed by atoms with van der Waals surface area (Å²) in [5, 5.41) is 15.4. The number of aromatic nitrogens is 1. The molecule has 0 saturated carbocycles. The molecule has 0 unspecified atom stereocenters. The zero-order chi connectivity index (χ0) is 17.1. The lowest BCUT2D eigenvalue weighted by molar-refractivity contribution is -0.383. The van der Waals surface area contributed by atoms with E-state index in [1.807, 2.05) is 6.92 Å². The number of hydrogen-bond acceptors (Lipinski definition) is 5. The maximum atomic E-state index is 12.1. The molecule has 7 nitrogen and oxygen atoms in total. The van der Waals surface area contributed by atoms with Crippen LogP contribution >= 0.6 is 0 Å². The molecule has 0 aliphatic carbocycles. The van der Waals surface area contributed by atoms with Gasteiger partial charge >= 0.3 is 0 Å². The number of rotatable bonds is 4. The van der Waals surface area contributed by atoms with Gasteiger partial charge in [-0.3, -0.25) is 19.9 Å². The third kappa shape index (κ3) is 3.02. The molecule has 2 heterocycles. The van der Waals surface area contributed by atoms with Crippen LogP contribution in [-0.4, -0.2) is 35.4 Å². The minimum absolute atomic E-state index is 0.0502. The first-order chi connectivity index (χ1) is 11.6. The Hall–Kier alpha value is -2.70. The number of nitrogens with zero attached hydrogens (tertiary/aromatic N) is 3. The Bertz CT molecular complexity index is 778. The molecule has 7 heteroatoms. The number of nitro benzene ring substituents is 1. The van der Waals surface area contributed by atoms with E-state index in [1.165, 1.54) is 12.3 Å². The molecule has 1 amide bonds. The van der Waals surface area contributed by atoms with Crippen LogP contribution in [0.15, 0.2) is 30.6 Å². The second-order valence-electron chi connectivity index (χ2n) is 5.96. The van der Waals surface area contributed by atoms with E-state index in [9.17, 15) is 14.9 Å². The Balaban J connectivity index is 1.96. The van der Waals surface area contributed by atoms with Crippen LogP contribution in [0, 0.1) is 16.0 Å². The summed E-state index contributed by atoms with van der Waals surface area (Å²) in [6.07, 6.45) is 4.96. The molecule has 1 fully saturated rings. The molecule has 1 aromatic carbocycles. The highest BCUT2D eigenvalue weighted by Crippen LogP contribution is 2.34. The van der Waals surface area contributed by atoms with Crippen LogP contribution in [0.5, 0.6) is 0 Å². The smallest absolute Gasteiger partial charge is 0.278 e. The van der Waals surface area contributed by atoms with Gasteiger partial charge in [0.15, 0.2) is 0 Å². The number of pyridine rings is 1. The Morgan fingerprint density at radius 1 is 1.42 bits per heavy atom. The minimum Gasteiger partial charge on any atom is -0.370 e. The van der Waals surface area contributed by atoms with Crippen LogP contribution in [0.1, 0.15) is 19.8 Å². The number of anilines is 1. The number of hydrogen-bond donors (Lipinski definition) is 1. The average Bonchev–Trinajstić information content (AvgIpc) is 2.61. The number of amides is 1. The Labute approximate surface area is 139 Å². The monoisotopic (exact) mass is 328 g/mol. The lowest BCUT2D eigenvalue weighted by atomic mass is 9.95. The summed E-state index contributed by atoms with van der Waals surface area (Å²) in [4.78, 5) is 29.2. The van der Waals surface area contributed by atoms with Gasteiger partial charge in [-0.1, -0.05) is 0 Å². The minimum atomic E-state index is -0.387. The molecule has 1 atom stereocenters. The fourth-order valence-electron chi connectivity index (χ4n) is 3.32. The fraction of sp³-hybridized carbons (Fsp3) is 0.412. The van der Waals surface area contributed by atoms with Gasteiger partial charge in [0.1, 0.15) is 0 Å². The molecule has 1 saturated heterocycles. The fourth-order valence-corrected chi connectivity index (χ4v) is 3.32. The van der Waals surface area contributed by atoms with Crippen LogP contribution < -0.4 is 10.2 Å². The van der Waals surface area contributed by atoms with Gasteiger partial charge in [0.05, 0.1) is 16.2 Å². The zero-order valence-corrected chi connectivity index (χ0v) is 13.6. The van der Waals surface area contributed by atoms with Gasteiger partial charge in [-0.2, -0.15) is 0 Å². The lowest BCUT2D eigenvalue weighted by Gasteiger charge is -2.34. The molecule has 3 rings (SSSR count). The highest BCUT2D eigenvalue weighted by molar-refractivity contribution is 5.99. The number of non-ortho nitro benzene ring substituents is 1. The van der Waals surface area contributed by atoms with Gasteiger partial charge in [-0.05, 0) is 31.9 Å². The van der Waals surface area contributed by atoms with Crippen molar-refractivity contribution in [2.75, 3.05) is 24.5 Å². The van der Waals surface area contributed by atoms with Gasteiger partial charge in [0.25, 0.3) is 5.69 Å². The molecule has 1 aliphatic rings. The highest BCUT2D eigenvalue weighted by Gasteiger charge is 2.27. The number of carbonyl (C=O) groups excluding carboxylic acids is 1. The number of nitro groups is 1. The first-order valence-electron chi connectivity index (χ1n) is 8.15. The van der Waals surface area contributed by atoms with Crippen molar-refractivity contribution < 1.29 is 9.72 Å². The van der Waals surface area contributed by atoms with Gasteiger partial charge in [-0.15, -0.1) is 0 Å². The molecule has 2 aromatic rings. The topological polar surface area (TPSA) is 88.4 Å². The molecule has 1 N–H and O–H groups in total. The summed E-state index contributed by atoms with van der Waals surface area (Å²) < 4.78 is 0. The van der Waals surface area contributed by atoms with E-state index in [1.54, 1.807) is 18.3 Å². The highest BCUT2D eigenvalue weighted by atomic mass is 16.6. The quantitative estimate of drug-likeness (QED) is 0.688. The first kappa shape index (κ1) is 16.2. The Kier molecular flexibility index (Phi) is 4.59. The van der Waals surface area contributed by atoms with Crippen molar-refractivity contribution in [2.45, 2.75) is 19.8 Å². The van der Waals surface area contributed by atoms with E-state index in [0.717, 1.165) is 30.5 Å². The Morgan fingerprint density at radius 2 is 2.25 bits per heavy atom. The van der Waals surface area contributed by atoms with Crippen molar-refractivity contribution in [1.29, 1.82) is 0 Å². The van der Waals surface area contributed by atoms with Gasteiger partial charge in [0.2, 0.25) is 5.91 Å². The number of benzene rings is 1. The van der Waals surface area contributed by atoms with Gasteiger partial charge < -0.3 is 10.2 Å². The van der Waals surface area contributed by atoms with Gasteiger partial charge in [-0.25, -0.2) is 0 Å². The summed E-state index contributed by atoms with van der Waals surface area (Å²) in [7, 11) is 0. The molecule has 24 heavy (non-hydrogen) atoms. The normalized spacial score (nSPS) is 17.7. The third-order valence-corrected chi connectivity index (χ3v) is 4.45. The summed E-state index contributed by atoms with van der Waals surface area (Å²) in [5.41, 5.74) is 0.978. The molecule has 126 valence electrons. The average molecular weight is 328 g/mol. The van der Waals surface area contributed by atoms with Crippen molar-refractivity contribution in [3.8, 4) is 0 Å². The molecular formula is C17H20N4O3. The zero-order valence-electron chi connectivity index (χ0n) is 13.6. The maximum Gasteiger partial charge on any atom is 0.278 e. The van der Waals surface area contributed by atoms with E-state index in [2.05, 4.69) is 15.2 Å². The van der Waals surface area contributed by atoms with E-state index in [0.29, 0.717) is 18.5 Å². The summed E-state index contributed by atoms with van der Waals surface area (Å²) in [5.74, 6) is 0.0286. The standard InChI is InChI=1S/C17H20N4O3/c1-2-19-17(22)12-4-3-9-20(11-12)15-5-6-16(21(23)24)14-10-18-8-7-13(14)15/h5-8,10,12H,2-4,9,11H2,1H3,(H,19,22)/t12-/m0/s1. The van der Waals surface area contributed by atoms with Gasteiger partial charge in [0, 0.05) is 49.2 Å². The predicted octanol–water partition coefficient (Wildman–Crippen LogP) is 2.50. The maximum absolute atomic E-state index is 12.1. The van der Waals surface area contributed by atoms with Crippen molar-refractivity contribution in [3.63, 3.8) is 0 Å². The van der Waals surface area contributed by atoms with Crippen molar-refractivity contribution in [3.05, 3.63) is 40.7 Å². The third-order valence-electron chi connectivity index (χ3n) is 4.45. The number of nitrogens with one attached hydrogen (secondary N) is 1. The van der Waals surface area contributed by atoms with Crippen molar-refractivity contribution >= 4 is 28.1 Å². The first-order valence-corrected chi connectivity index (χ1v) is 8.15. The number of fused-ring (bicyclic) bond motifs is 1. The second kappa shape index (κ2) is 6.82. The van der Waals surface area contributed by atoms with Crippen molar-refractivity contribution in [1.82, 2.24) is 10.3 Å². The van der Waals surface area contributed by atoms with Crippen LogP contribution in [0.25, 0.3) is 10.8 Å². The van der Waals surface area contributed by atoms with Crippen LogP contribution in [0.3, 0.4) is 0 Å². The van der Waals surface area contributed by atoms with Crippen molar-refractivity contribution in [2.24, 2.45) is 5.92 Å². The molecule has 0 bridgehead atoms. The van der Waals surface area contributed by atoms with Crippen LogP contribution in [-0.2, 0) is 4.79 Å². The van der Waals surface area contributed by atoms with E-state index < -0.39 is 0 Å². The molecule has 0 radical (unpaired) electrons. The largest absolute Gasteiger partial charge is 0.370 e. The SMILES string of the molecule is CCNC(=O)[C@H]1CCCN(c2ccc([N+](=O)[O-])c3cnccc23)C1. The van der Waals surface area contributed by atoms with Crippen LogP contribution in [0.4, 0.5) is 11.4 Å². The molecule has 1 aromatic heterocycles. The van der Waals surface area contributed by atoms with Crippen LogP contribution in [0.2, 0.25) is 0 Å². The molecular weight excluding hydrogens is 308 g/mol. The predicted molar refractivity (Wildman–Crippen MR) is 92.0 cm³/mol. The molecule has 1 aliphatic heterocycles. The summed E-state index contributed by atoms with van der Waals surface area (Å²) in [6, 6.07) is 5.10. The molecule has 0 spiro atoms. The second-order valence-corrected chi connectivity index (χ2v) is 5.96. The lowest BCUT2D eigenvalue weighted by Crippen LogP contribution is -2.43.